The van der Waals surface area contributed by atoms with Crippen LogP contribution in [0.25, 0.3) is 0 Å². The number of aliphatic hydroxyl groups excluding tert-OH is 1. The number of benzene rings is 1. The lowest BCUT2D eigenvalue weighted by Crippen LogP contribution is -2.55. The van der Waals surface area contributed by atoms with Crippen LogP contribution in [0.1, 0.15) is 39.7 Å². The van der Waals surface area contributed by atoms with Crippen LogP contribution >= 0.6 is 15.9 Å². The van der Waals surface area contributed by atoms with Crippen molar-refractivity contribution in [2.45, 2.75) is 52.2 Å². The fourth-order valence-electron chi connectivity index (χ4n) is 2.79. The van der Waals surface area contributed by atoms with Gasteiger partial charge in [-0.15, -0.1) is 0 Å². The van der Waals surface area contributed by atoms with Crippen LogP contribution in [0.4, 0.5) is 8.78 Å². The minimum atomic E-state index is -0.847. The predicted octanol–water partition coefficient (Wildman–Crippen LogP) is 4.14. The molecule has 1 rings (SSSR count). The highest BCUT2D eigenvalue weighted by molar-refractivity contribution is 9.10. The van der Waals surface area contributed by atoms with Crippen molar-refractivity contribution in [3.8, 4) is 0 Å². The highest BCUT2D eigenvalue weighted by atomic mass is 79.9. The number of nitrogens with zero attached hydrogens (tertiary/aromatic N) is 1. The predicted molar refractivity (Wildman–Crippen MR) is 85.4 cm³/mol. The molecule has 21 heavy (non-hydrogen) atoms. The normalized spacial score (nSPS) is 16.0. The maximum absolute atomic E-state index is 14.1. The molecular weight excluding hydrogens is 340 g/mol. The summed E-state index contributed by atoms with van der Waals surface area (Å²) in [6.07, 6.45) is -0.189. The largest absolute Gasteiger partial charge is 0.391 e. The first kappa shape index (κ1) is 18.5. The van der Waals surface area contributed by atoms with Gasteiger partial charge in [-0.05, 0) is 54.5 Å². The van der Waals surface area contributed by atoms with E-state index in [1.807, 2.05) is 27.7 Å². The van der Waals surface area contributed by atoms with Gasteiger partial charge in [0.1, 0.15) is 11.6 Å². The van der Waals surface area contributed by atoms with E-state index in [1.54, 1.807) is 0 Å². The smallest absolute Gasteiger partial charge is 0.143 e. The second-order valence-corrected chi connectivity index (χ2v) is 6.28. The number of hydrogen-bond acceptors (Lipinski definition) is 2. The molecule has 1 aromatic rings. The lowest BCUT2D eigenvalue weighted by atomic mass is 9.85. The third kappa shape index (κ3) is 3.82. The molecule has 1 N–H and O–H groups in total. The van der Waals surface area contributed by atoms with E-state index >= 15 is 0 Å². The van der Waals surface area contributed by atoms with Crippen molar-refractivity contribution in [3.05, 3.63) is 33.8 Å². The zero-order valence-electron chi connectivity index (χ0n) is 13.1. The molecule has 5 heteroatoms. The highest BCUT2D eigenvalue weighted by Gasteiger charge is 2.36. The average Bonchev–Trinajstić information content (AvgIpc) is 2.48. The first-order valence-corrected chi connectivity index (χ1v) is 8.16. The van der Waals surface area contributed by atoms with Gasteiger partial charge in [0.2, 0.25) is 0 Å². The van der Waals surface area contributed by atoms with Crippen molar-refractivity contribution < 1.29 is 13.9 Å². The van der Waals surface area contributed by atoms with E-state index in [2.05, 4.69) is 20.8 Å². The van der Waals surface area contributed by atoms with Crippen LogP contribution in [0.2, 0.25) is 0 Å². The zero-order chi connectivity index (χ0) is 16.2. The van der Waals surface area contributed by atoms with E-state index in [9.17, 15) is 13.9 Å². The molecule has 1 aromatic carbocycles. The van der Waals surface area contributed by atoms with Gasteiger partial charge in [0.05, 0.1) is 10.6 Å². The van der Waals surface area contributed by atoms with Crippen molar-refractivity contribution in [3.63, 3.8) is 0 Å². The number of hydrogen-bond donors (Lipinski definition) is 1. The van der Waals surface area contributed by atoms with E-state index in [0.717, 1.165) is 13.1 Å². The zero-order valence-corrected chi connectivity index (χ0v) is 14.7. The summed E-state index contributed by atoms with van der Waals surface area (Å²) in [6, 6.07) is 2.56. The maximum atomic E-state index is 14.1. The van der Waals surface area contributed by atoms with Crippen molar-refractivity contribution >= 4 is 15.9 Å². The van der Waals surface area contributed by atoms with Gasteiger partial charge >= 0.3 is 0 Å². The van der Waals surface area contributed by atoms with E-state index in [-0.39, 0.29) is 16.5 Å². The second kappa shape index (κ2) is 7.65. The number of aliphatic hydroxyl groups is 1. The van der Waals surface area contributed by atoms with Gasteiger partial charge in [-0.2, -0.15) is 0 Å². The summed E-state index contributed by atoms with van der Waals surface area (Å²) in [6.45, 7) is 9.52. The van der Waals surface area contributed by atoms with Crippen LogP contribution in [0, 0.1) is 11.6 Å². The molecule has 0 saturated heterocycles. The van der Waals surface area contributed by atoms with Crippen molar-refractivity contribution in [1.29, 1.82) is 0 Å². The fraction of sp³-hybridized carbons (Fsp3) is 0.625. The van der Waals surface area contributed by atoms with Crippen LogP contribution in [-0.4, -0.2) is 34.7 Å². The van der Waals surface area contributed by atoms with Gasteiger partial charge in [-0.3, -0.25) is 4.90 Å². The third-order valence-corrected chi connectivity index (χ3v) is 5.07. The lowest BCUT2D eigenvalue weighted by Gasteiger charge is -2.43. The minimum absolute atomic E-state index is 0.0437. The maximum Gasteiger partial charge on any atom is 0.143 e. The van der Waals surface area contributed by atoms with Crippen molar-refractivity contribution in [2.75, 3.05) is 13.1 Å². The molecule has 0 spiro atoms. The Bertz CT molecular complexity index is 480. The number of likely N-dealkylation sites (N-methyl/N-ethyl adjacent to an activating group) is 1. The molecule has 0 fully saturated rings. The third-order valence-electron chi connectivity index (χ3n) is 4.46. The molecular formula is C16H24BrF2NO. The molecule has 2 unspecified atom stereocenters. The monoisotopic (exact) mass is 363 g/mol. The summed E-state index contributed by atoms with van der Waals surface area (Å²) in [5, 5.41) is 10.6. The van der Waals surface area contributed by atoms with Crippen LogP contribution in [0.3, 0.4) is 0 Å². The van der Waals surface area contributed by atoms with Gasteiger partial charge < -0.3 is 5.11 Å². The molecule has 0 aromatic heterocycles. The highest BCUT2D eigenvalue weighted by Crippen LogP contribution is 2.29. The summed E-state index contributed by atoms with van der Waals surface area (Å²) in [7, 11) is 0. The summed E-state index contributed by atoms with van der Waals surface area (Å²) >= 11 is 3.06. The molecule has 2 atom stereocenters. The second-order valence-electron chi connectivity index (χ2n) is 5.42. The standard InChI is InChI=1S/C16H24BrF2NO/c1-5-16(4,20(6-2)7-3)14(21)10-11-13(18)9-8-12(17)15(11)19/h8-9,14,21H,5-7,10H2,1-4H3. The van der Waals surface area contributed by atoms with Gasteiger partial charge in [-0.25, -0.2) is 8.78 Å². The van der Waals surface area contributed by atoms with Gasteiger partial charge in [0.25, 0.3) is 0 Å². The average molecular weight is 364 g/mol. The molecule has 0 aliphatic carbocycles. The Hall–Kier alpha value is -0.520. The van der Waals surface area contributed by atoms with Crippen LogP contribution in [-0.2, 0) is 6.42 Å². The van der Waals surface area contributed by atoms with Gasteiger partial charge in [0.15, 0.2) is 0 Å². The quantitative estimate of drug-likeness (QED) is 0.735. The van der Waals surface area contributed by atoms with Crippen molar-refractivity contribution in [2.24, 2.45) is 0 Å². The lowest BCUT2D eigenvalue weighted by molar-refractivity contribution is -0.0197. The summed E-state index contributed by atoms with van der Waals surface area (Å²) < 4.78 is 28.1. The molecule has 0 heterocycles. The molecule has 0 saturated carbocycles. The van der Waals surface area contributed by atoms with Crippen LogP contribution < -0.4 is 0 Å². The molecule has 2 nitrogen and oxygen atoms in total. The SMILES string of the molecule is CCN(CC)C(C)(CC)C(O)Cc1c(F)ccc(Br)c1F. The van der Waals surface area contributed by atoms with E-state index < -0.39 is 23.3 Å². The molecule has 0 aliphatic heterocycles. The number of halogens is 3. The van der Waals surface area contributed by atoms with E-state index in [4.69, 9.17) is 0 Å². The topological polar surface area (TPSA) is 23.5 Å². The molecule has 120 valence electrons. The minimum Gasteiger partial charge on any atom is -0.391 e. The Kier molecular flexibility index (Phi) is 6.75. The van der Waals surface area contributed by atoms with Gasteiger partial charge in [-0.1, -0.05) is 20.8 Å². The molecule has 0 radical (unpaired) electrons. The first-order chi connectivity index (χ1) is 9.81. The van der Waals surface area contributed by atoms with Gasteiger partial charge in [0, 0.05) is 17.5 Å². The Balaban J connectivity index is 3.09. The Labute approximate surface area is 134 Å². The Morgan fingerprint density at radius 1 is 1.24 bits per heavy atom. The van der Waals surface area contributed by atoms with E-state index in [1.165, 1.54) is 12.1 Å². The van der Waals surface area contributed by atoms with Crippen molar-refractivity contribution in [1.82, 2.24) is 4.90 Å². The summed E-state index contributed by atoms with van der Waals surface area (Å²) in [5.74, 6) is -1.25. The number of rotatable bonds is 7. The molecule has 0 bridgehead atoms. The molecule has 0 amide bonds. The first-order valence-electron chi connectivity index (χ1n) is 7.37. The summed E-state index contributed by atoms with van der Waals surface area (Å²) in [5.41, 5.74) is -0.575. The fourth-order valence-corrected chi connectivity index (χ4v) is 3.16. The van der Waals surface area contributed by atoms with Crippen LogP contribution in [0.5, 0.6) is 0 Å². The summed E-state index contributed by atoms with van der Waals surface area (Å²) in [4.78, 5) is 2.13. The Morgan fingerprint density at radius 2 is 1.81 bits per heavy atom. The van der Waals surface area contributed by atoms with E-state index in [0.29, 0.717) is 6.42 Å². The molecule has 0 aliphatic rings. The van der Waals surface area contributed by atoms with Crippen LogP contribution in [0.15, 0.2) is 16.6 Å². The Morgan fingerprint density at radius 3 is 2.29 bits per heavy atom.